The van der Waals surface area contributed by atoms with Gasteiger partial charge in [0.2, 0.25) is 0 Å². The molecule has 1 saturated heterocycles. The number of ether oxygens (including phenoxy) is 1. The molecule has 3 rings (SSSR count). The number of hydrogen-bond donors (Lipinski definition) is 0. The summed E-state index contributed by atoms with van der Waals surface area (Å²) in [6, 6.07) is 7.44. The Labute approximate surface area is 141 Å². The molecular formula is C19H30ClNO. The molecule has 1 aromatic carbocycles. The van der Waals surface area contributed by atoms with Gasteiger partial charge in [-0.15, -0.1) is 12.4 Å². The summed E-state index contributed by atoms with van der Waals surface area (Å²) in [5.41, 5.74) is 3.30. The molecule has 1 aliphatic carbocycles. The molecule has 3 heteroatoms. The summed E-state index contributed by atoms with van der Waals surface area (Å²) >= 11 is 0. The van der Waals surface area contributed by atoms with Crippen molar-refractivity contribution < 1.29 is 4.74 Å². The first-order valence-electron chi connectivity index (χ1n) is 8.49. The van der Waals surface area contributed by atoms with Gasteiger partial charge in [-0.3, -0.25) is 4.90 Å². The normalized spacial score (nSPS) is 26.5. The molecule has 22 heavy (non-hydrogen) atoms. The number of fused-ring (bicyclic) bond motifs is 2. The Balaban J connectivity index is 0.00000176. The van der Waals surface area contributed by atoms with Crippen molar-refractivity contribution in [2.24, 2.45) is 5.92 Å². The van der Waals surface area contributed by atoms with Gasteiger partial charge >= 0.3 is 0 Å². The van der Waals surface area contributed by atoms with E-state index in [0.717, 1.165) is 17.7 Å². The van der Waals surface area contributed by atoms with Gasteiger partial charge < -0.3 is 4.74 Å². The molecule has 124 valence electrons. The molecule has 1 heterocycles. The van der Waals surface area contributed by atoms with Crippen LogP contribution in [0.5, 0.6) is 5.75 Å². The summed E-state index contributed by atoms with van der Waals surface area (Å²) < 4.78 is 5.46. The second-order valence-electron chi connectivity index (χ2n) is 7.30. The average molecular weight is 324 g/mol. The van der Waals surface area contributed by atoms with E-state index in [4.69, 9.17) is 4.74 Å². The highest BCUT2D eigenvalue weighted by atomic mass is 35.5. The molecule has 1 fully saturated rings. The summed E-state index contributed by atoms with van der Waals surface area (Å²) in [6.07, 6.45) is 5.20. The van der Waals surface area contributed by atoms with Gasteiger partial charge in [-0.2, -0.15) is 0 Å². The van der Waals surface area contributed by atoms with Gasteiger partial charge in [-0.1, -0.05) is 26.8 Å². The maximum absolute atomic E-state index is 5.46. The molecule has 1 aromatic rings. The Morgan fingerprint density at radius 2 is 2.09 bits per heavy atom. The van der Waals surface area contributed by atoms with E-state index in [9.17, 15) is 0 Å². The predicted molar refractivity (Wildman–Crippen MR) is 95.3 cm³/mol. The van der Waals surface area contributed by atoms with Crippen LogP contribution in [0.15, 0.2) is 18.2 Å². The van der Waals surface area contributed by atoms with E-state index < -0.39 is 0 Å². The molecule has 0 saturated carbocycles. The lowest BCUT2D eigenvalue weighted by molar-refractivity contribution is 0.0442. The van der Waals surface area contributed by atoms with Gasteiger partial charge in [0.25, 0.3) is 0 Å². The van der Waals surface area contributed by atoms with E-state index in [0.29, 0.717) is 0 Å². The van der Waals surface area contributed by atoms with Crippen molar-refractivity contribution in [2.45, 2.75) is 57.9 Å². The highest BCUT2D eigenvalue weighted by Crippen LogP contribution is 2.47. The SMILES string of the molecule is CCCN1CCC[C@@H]2[C@H]1Cc1ccc(OC)cc1C2(C)C.Cl. The lowest BCUT2D eigenvalue weighted by Crippen LogP contribution is -2.55. The van der Waals surface area contributed by atoms with Crippen molar-refractivity contribution in [3.63, 3.8) is 0 Å². The number of nitrogens with zero attached hydrogens (tertiary/aromatic N) is 1. The molecule has 0 radical (unpaired) electrons. The van der Waals surface area contributed by atoms with E-state index in [2.05, 4.69) is 43.9 Å². The topological polar surface area (TPSA) is 12.5 Å². The number of benzene rings is 1. The van der Waals surface area contributed by atoms with Gasteiger partial charge in [-0.25, -0.2) is 0 Å². The molecule has 0 aromatic heterocycles. The number of rotatable bonds is 3. The van der Waals surface area contributed by atoms with Crippen molar-refractivity contribution in [1.82, 2.24) is 4.90 Å². The van der Waals surface area contributed by atoms with Crippen molar-refractivity contribution >= 4 is 12.4 Å². The van der Waals surface area contributed by atoms with Gasteiger partial charge in [0.05, 0.1) is 7.11 Å². The Morgan fingerprint density at radius 1 is 1.32 bits per heavy atom. The van der Waals surface area contributed by atoms with Crippen LogP contribution in [0.25, 0.3) is 0 Å². The Hall–Kier alpha value is -0.730. The number of hydrogen-bond acceptors (Lipinski definition) is 2. The summed E-state index contributed by atoms with van der Waals surface area (Å²) in [4.78, 5) is 2.75. The average Bonchev–Trinajstić information content (AvgIpc) is 2.48. The molecule has 2 nitrogen and oxygen atoms in total. The third-order valence-corrected chi connectivity index (χ3v) is 5.77. The standard InChI is InChI=1S/C19H29NO.ClH/c1-5-10-20-11-6-7-16-18(20)12-14-8-9-15(21-4)13-17(14)19(16,2)3;/h8-9,13,16,18H,5-7,10-12H2,1-4H3;1H/t16-,18-;/m1./s1. The minimum Gasteiger partial charge on any atom is -0.497 e. The second-order valence-corrected chi connectivity index (χ2v) is 7.30. The van der Waals surface area contributed by atoms with Gasteiger partial charge in [0.15, 0.2) is 0 Å². The minimum absolute atomic E-state index is 0. The second kappa shape index (κ2) is 6.80. The van der Waals surface area contributed by atoms with Crippen LogP contribution in [0, 0.1) is 5.92 Å². The first kappa shape index (κ1) is 17.6. The fraction of sp³-hybridized carbons (Fsp3) is 0.684. The fourth-order valence-corrected chi connectivity index (χ4v) is 4.69. The van der Waals surface area contributed by atoms with Crippen LogP contribution in [-0.4, -0.2) is 31.1 Å². The highest BCUT2D eigenvalue weighted by molar-refractivity contribution is 5.85. The molecule has 0 amide bonds. The number of piperidine rings is 1. The van der Waals surface area contributed by atoms with Crippen molar-refractivity contribution in [3.8, 4) is 5.75 Å². The number of methoxy groups -OCH3 is 1. The van der Waals surface area contributed by atoms with E-state index in [1.807, 2.05) is 0 Å². The highest BCUT2D eigenvalue weighted by Gasteiger charge is 2.45. The zero-order valence-corrected chi connectivity index (χ0v) is 15.2. The maximum atomic E-state index is 5.46. The third kappa shape index (κ3) is 2.88. The summed E-state index contributed by atoms with van der Waals surface area (Å²) in [5, 5.41) is 0. The number of halogens is 1. The smallest absolute Gasteiger partial charge is 0.119 e. The molecule has 0 spiro atoms. The molecule has 0 bridgehead atoms. The monoisotopic (exact) mass is 323 g/mol. The van der Waals surface area contributed by atoms with Gasteiger partial charge in [-0.05, 0) is 73.4 Å². The van der Waals surface area contributed by atoms with Crippen LogP contribution >= 0.6 is 12.4 Å². The van der Waals surface area contributed by atoms with Crippen LogP contribution in [0.1, 0.15) is 51.2 Å². The first-order chi connectivity index (χ1) is 10.1. The lowest BCUT2D eigenvalue weighted by Gasteiger charge is -2.52. The van der Waals surface area contributed by atoms with Crippen LogP contribution in [-0.2, 0) is 11.8 Å². The van der Waals surface area contributed by atoms with E-state index in [1.54, 1.807) is 7.11 Å². The maximum Gasteiger partial charge on any atom is 0.119 e. The minimum atomic E-state index is 0. The summed E-state index contributed by atoms with van der Waals surface area (Å²) in [6.45, 7) is 9.73. The summed E-state index contributed by atoms with van der Waals surface area (Å²) in [5.74, 6) is 1.78. The quantitative estimate of drug-likeness (QED) is 0.815. The Kier molecular flexibility index (Phi) is 5.45. The number of likely N-dealkylation sites (tertiary alicyclic amines) is 1. The largest absolute Gasteiger partial charge is 0.497 e. The van der Waals surface area contributed by atoms with E-state index >= 15 is 0 Å². The lowest BCUT2D eigenvalue weighted by atomic mass is 9.60. The van der Waals surface area contributed by atoms with Crippen LogP contribution in [0.2, 0.25) is 0 Å². The zero-order valence-electron chi connectivity index (χ0n) is 14.4. The Bertz CT molecular complexity index is 512. The zero-order chi connectivity index (χ0) is 15.0. The Morgan fingerprint density at radius 3 is 2.77 bits per heavy atom. The first-order valence-corrected chi connectivity index (χ1v) is 8.49. The van der Waals surface area contributed by atoms with Crippen LogP contribution in [0.3, 0.4) is 0 Å². The van der Waals surface area contributed by atoms with Gasteiger partial charge in [0.1, 0.15) is 5.75 Å². The molecule has 0 unspecified atom stereocenters. The third-order valence-electron chi connectivity index (χ3n) is 5.77. The van der Waals surface area contributed by atoms with Gasteiger partial charge in [0, 0.05) is 6.04 Å². The van der Waals surface area contributed by atoms with Crippen molar-refractivity contribution in [1.29, 1.82) is 0 Å². The van der Waals surface area contributed by atoms with Crippen molar-refractivity contribution in [3.05, 3.63) is 29.3 Å². The predicted octanol–water partition coefficient (Wildman–Crippen LogP) is 4.44. The molecule has 2 aliphatic rings. The summed E-state index contributed by atoms with van der Waals surface area (Å²) in [7, 11) is 1.77. The molecule has 0 N–H and O–H groups in total. The molecule has 2 atom stereocenters. The van der Waals surface area contributed by atoms with E-state index in [-0.39, 0.29) is 17.8 Å². The van der Waals surface area contributed by atoms with E-state index in [1.165, 1.54) is 49.9 Å². The molecular weight excluding hydrogens is 294 g/mol. The fourth-order valence-electron chi connectivity index (χ4n) is 4.69. The molecule has 1 aliphatic heterocycles. The van der Waals surface area contributed by atoms with Crippen molar-refractivity contribution in [2.75, 3.05) is 20.2 Å². The van der Waals surface area contributed by atoms with Crippen LogP contribution < -0.4 is 4.74 Å². The van der Waals surface area contributed by atoms with Crippen LogP contribution in [0.4, 0.5) is 0 Å².